The number of pyridine rings is 1. The van der Waals surface area contributed by atoms with Gasteiger partial charge in [-0.05, 0) is 29.8 Å². The highest BCUT2D eigenvalue weighted by Gasteiger charge is 2.25. The third-order valence-corrected chi connectivity index (χ3v) is 5.63. The lowest BCUT2D eigenvalue weighted by molar-refractivity contribution is -0.126. The van der Waals surface area contributed by atoms with Gasteiger partial charge in [0.25, 0.3) is 5.91 Å². The Balaban J connectivity index is 1.43. The van der Waals surface area contributed by atoms with Gasteiger partial charge in [0.1, 0.15) is 0 Å². The number of para-hydroxylation sites is 2. The number of aromatic nitrogens is 2. The number of benzene rings is 1. The number of carbonyl (C=O) groups excluding carboxylic acids is 2. The molecule has 0 unspecified atom stereocenters. The summed E-state index contributed by atoms with van der Waals surface area (Å²) in [4.78, 5) is 36.2. The quantitative estimate of drug-likeness (QED) is 0.513. The average molecular weight is 405 g/mol. The number of carbonyl (C=O) groups is 2. The number of hydrogen-bond acceptors (Lipinski definition) is 6. The van der Waals surface area contributed by atoms with Crippen LogP contribution in [0.1, 0.15) is 25.9 Å². The molecule has 29 heavy (non-hydrogen) atoms. The zero-order chi connectivity index (χ0) is 20.2. The second kappa shape index (κ2) is 8.24. The van der Waals surface area contributed by atoms with E-state index in [-0.39, 0.29) is 11.8 Å². The molecule has 0 spiro atoms. The zero-order valence-corrected chi connectivity index (χ0v) is 16.4. The minimum atomic E-state index is -0.295. The van der Waals surface area contributed by atoms with Crippen molar-refractivity contribution in [2.75, 3.05) is 17.6 Å². The van der Waals surface area contributed by atoms with Gasteiger partial charge in [-0.25, -0.2) is 4.98 Å². The molecule has 1 aliphatic heterocycles. The number of nitrogens with two attached hydrogens (primary N) is 1. The summed E-state index contributed by atoms with van der Waals surface area (Å²) < 4.78 is 0. The maximum Gasteiger partial charge on any atom is 0.284 e. The summed E-state index contributed by atoms with van der Waals surface area (Å²) in [7, 11) is 0. The van der Waals surface area contributed by atoms with Crippen molar-refractivity contribution in [2.45, 2.75) is 13.0 Å². The minimum Gasteiger partial charge on any atom is -0.397 e. The van der Waals surface area contributed by atoms with Crippen LogP contribution in [0.3, 0.4) is 0 Å². The van der Waals surface area contributed by atoms with Crippen LogP contribution >= 0.6 is 11.3 Å². The van der Waals surface area contributed by atoms with Crippen LogP contribution in [0.25, 0.3) is 6.08 Å². The fourth-order valence-corrected chi connectivity index (χ4v) is 4.03. The van der Waals surface area contributed by atoms with Crippen LogP contribution in [-0.2, 0) is 17.8 Å². The van der Waals surface area contributed by atoms with E-state index in [9.17, 15) is 9.59 Å². The lowest BCUT2D eigenvalue weighted by atomic mass is 10.1. The maximum atomic E-state index is 12.5. The van der Waals surface area contributed by atoms with Crippen molar-refractivity contribution in [1.29, 1.82) is 0 Å². The van der Waals surface area contributed by atoms with E-state index in [4.69, 9.17) is 5.73 Å². The summed E-state index contributed by atoms with van der Waals surface area (Å²) in [6.45, 7) is 1.02. The Morgan fingerprint density at radius 3 is 2.86 bits per heavy atom. The minimum absolute atomic E-state index is 0.0732. The zero-order valence-electron chi connectivity index (χ0n) is 15.5. The van der Waals surface area contributed by atoms with Crippen molar-refractivity contribution in [3.63, 3.8) is 0 Å². The van der Waals surface area contributed by atoms with Crippen molar-refractivity contribution < 1.29 is 9.59 Å². The molecule has 0 fully saturated rings. The largest absolute Gasteiger partial charge is 0.397 e. The van der Waals surface area contributed by atoms with E-state index in [1.807, 2.05) is 12.1 Å². The lowest BCUT2D eigenvalue weighted by Gasteiger charge is -2.24. The van der Waals surface area contributed by atoms with Crippen LogP contribution in [0.5, 0.6) is 0 Å². The van der Waals surface area contributed by atoms with Crippen LogP contribution in [0.4, 0.5) is 11.4 Å². The molecular formula is C21H19N5O2S. The van der Waals surface area contributed by atoms with E-state index in [0.717, 1.165) is 16.1 Å². The molecule has 1 aliphatic rings. The van der Waals surface area contributed by atoms with Gasteiger partial charge in [0, 0.05) is 36.3 Å². The predicted molar refractivity (Wildman–Crippen MR) is 113 cm³/mol. The molecule has 7 nitrogen and oxygen atoms in total. The molecule has 0 aliphatic carbocycles. The molecule has 1 aromatic carbocycles. The van der Waals surface area contributed by atoms with E-state index in [2.05, 4.69) is 15.3 Å². The highest BCUT2D eigenvalue weighted by atomic mass is 32.1. The van der Waals surface area contributed by atoms with Gasteiger partial charge in [-0.2, -0.15) is 0 Å². The van der Waals surface area contributed by atoms with E-state index in [0.29, 0.717) is 35.9 Å². The number of nitrogens with zero attached hydrogens (tertiary/aromatic N) is 3. The van der Waals surface area contributed by atoms with Crippen molar-refractivity contribution in [3.05, 3.63) is 76.0 Å². The summed E-state index contributed by atoms with van der Waals surface area (Å²) in [5.74, 6) is -0.368. The standard InChI is InChI=1S/C21H19N5O2S/c22-15-5-1-2-6-16(15)24-20(28)21-25-17-9-11-26(13-18(17)29-21)19(27)8-7-14-4-3-10-23-12-14/h1-8,10,12H,9,11,13,22H2,(H,24,28). The maximum absolute atomic E-state index is 12.5. The molecule has 8 heteroatoms. The highest BCUT2D eigenvalue weighted by Crippen LogP contribution is 2.27. The summed E-state index contributed by atoms with van der Waals surface area (Å²) in [5, 5.41) is 3.17. The molecule has 0 saturated carbocycles. The summed E-state index contributed by atoms with van der Waals surface area (Å²) >= 11 is 1.31. The van der Waals surface area contributed by atoms with Crippen LogP contribution < -0.4 is 11.1 Å². The smallest absolute Gasteiger partial charge is 0.284 e. The molecule has 0 bridgehead atoms. The van der Waals surface area contributed by atoms with Gasteiger partial charge in [0.05, 0.1) is 23.6 Å². The van der Waals surface area contributed by atoms with Gasteiger partial charge in [-0.15, -0.1) is 11.3 Å². The Morgan fingerprint density at radius 2 is 2.07 bits per heavy atom. The first-order valence-electron chi connectivity index (χ1n) is 9.11. The van der Waals surface area contributed by atoms with E-state index in [1.54, 1.807) is 53.7 Å². The number of rotatable bonds is 4. The summed E-state index contributed by atoms with van der Waals surface area (Å²) in [6.07, 6.45) is 7.31. The fraction of sp³-hybridized carbons (Fsp3) is 0.143. The van der Waals surface area contributed by atoms with Crippen molar-refractivity contribution in [2.24, 2.45) is 0 Å². The first-order valence-corrected chi connectivity index (χ1v) is 9.93. The van der Waals surface area contributed by atoms with Gasteiger partial charge in [0.2, 0.25) is 5.91 Å². The molecule has 3 aromatic rings. The van der Waals surface area contributed by atoms with Crippen molar-refractivity contribution in [1.82, 2.24) is 14.9 Å². The Morgan fingerprint density at radius 1 is 1.21 bits per heavy atom. The molecule has 2 aromatic heterocycles. The van der Waals surface area contributed by atoms with E-state index >= 15 is 0 Å². The molecule has 0 saturated heterocycles. The number of amides is 2. The summed E-state index contributed by atoms with van der Waals surface area (Å²) in [5.41, 5.74) is 8.69. The van der Waals surface area contributed by atoms with Gasteiger partial charge in [-0.1, -0.05) is 18.2 Å². The number of fused-ring (bicyclic) bond motifs is 1. The molecule has 4 rings (SSSR count). The molecule has 2 amide bonds. The van der Waals surface area contributed by atoms with Gasteiger partial charge >= 0.3 is 0 Å². The van der Waals surface area contributed by atoms with Crippen LogP contribution in [0.15, 0.2) is 54.9 Å². The van der Waals surface area contributed by atoms with Gasteiger partial charge < -0.3 is 16.0 Å². The van der Waals surface area contributed by atoms with Gasteiger partial charge in [0.15, 0.2) is 5.01 Å². The van der Waals surface area contributed by atoms with Crippen LogP contribution in [-0.4, -0.2) is 33.2 Å². The highest BCUT2D eigenvalue weighted by molar-refractivity contribution is 7.13. The van der Waals surface area contributed by atoms with E-state index in [1.165, 1.54) is 11.3 Å². The van der Waals surface area contributed by atoms with Crippen LogP contribution in [0.2, 0.25) is 0 Å². The molecule has 146 valence electrons. The Hall–Kier alpha value is -3.52. The molecule has 0 atom stereocenters. The van der Waals surface area contributed by atoms with Gasteiger partial charge in [-0.3, -0.25) is 14.6 Å². The number of nitrogens with one attached hydrogen (secondary N) is 1. The molecule has 3 heterocycles. The monoisotopic (exact) mass is 405 g/mol. The second-order valence-electron chi connectivity index (χ2n) is 6.56. The topological polar surface area (TPSA) is 101 Å². The normalized spacial score (nSPS) is 13.3. The lowest BCUT2D eigenvalue weighted by Crippen LogP contribution is -2.34. The van der Waals surface area contributed by atoms with E-state index < -0.39 is 0 Å². The molecule has 0 radical (unpaired) electrons. The number of nitrogen functional groups attached to an aromatic ring is 1. The number of anilines is 2. The first kappa shape index (κ1) is 18.8. The third kappa shape index (κ3) is 4.33. The number of hydrogen-bond donors (Lipinski definition) is 2. The third-order valence-electron chi connectivity index (χ3n) is 4.55. The fourth-order valence-electron chi connectivity index (χ4n) is 3.01. The molecule has 3 N–H and O–H groups in total. The predicted octanol–water partition coefficient (Wildman–Crippen LogP) is 2.97. The van der Waals surface area contributed by atoms with Crippen molar-refractivity contribution >= 4 is 40.6 Å². The molecular weight excluding hydrogens is 386 g/mol. The van der Waals surface area contributed by atoms with Crippen LogP contribution in [0, 0.1) is 0 Å². The second-order valence-corrected chi connectivity index (χ2v) is 7.64. The number of thiazole rings is 1. The summed E-state index contributed by atoms with van der Waals surface area (Å²) in [6, 6.07) is 10.8. The Bertz CT molecular complexity index is 1080. The van der Waals surface area contributed by atoms with Crippen molar-refractivity contribution in [3.8, 4) is 0 Å². The Kier molecular flexibility index (Phi) is 5.35. The Labute approximate surface area is 171 Å². The average Bonchev–Trinajstić information content (AvgIpc) is 3.18. The first-order chi connectivity index (χ1) is 14.1. The SMILES string of the molecule is Nc1ccccc1NC(=O)c1nc2c(s1)CN(C(=O)C=Cc1cccnc1)CC2.